The molecule has 0 saturated heterocycles. The van der Waals surface area contributed by atoms with E-state index in [0.29, 0.717) is 0 Å². The van der Waals surface area contributed by atoms with Gasteiger partial charge >= 0.3 is 0 Å². The first-order valence-corrected chi connectivity index (χ1v) is 4.40. The first kappa shape index (κ1) is 8.06. The van der Waals surface area contributed by atoms with E-state index in [1.807, 2.05) is 0 Å². The van der Waals surface area contributed by atoms with E-state index in [-0.39, 0.29) is 0 Å². The number of hydrogen-bond acceptors (Lipinski definition) is 1. The molecule has 60 valence electrons. The smallest absolute Gasteiger partial charge is 0.00356 e. The molecule has 0 N–H and O–H groups in total. The Balaban J connectivity index is 2.10. The number of nitrogens with zero attached hydrogens (tertiary/aromatic N) is 1. The van der Waals surface area contributed by atoms with Gasteiger partial charge in [0.2, 0.25) is 0 Å². The molecular weight excluding hydrogens is 122 g/mol. The van der Waals surface area contributed by atoms with Crippen LogP contribution in [-0.2, 0) is 0 Å². The summed E-state index contributed by atoms with van der Waals surface area (Å²) in [6.07, 6.45) is 4.41. The summed E-state index contributed by atoms with van der Waals surface area (Å²) in [6.45, 7) is 5.84. The fourth-order valence-electron chi connectivity index (χ4n) is 1.29. The highest BCUT2D eigenvalue weighted by Crippen LogP contribution is 2.26. The maximum Gasteiger partial charge on any atom is 0.00356 e. The van der Waals surface area contributed by atoms with E-state index in [2.05, 4.69) is 25.8 Å². The molecule has 0 aromatic rings. The molecule has 1 heteroatoms. The van der Waals surface area contributed by atoms with Gasteiger partial charge in [-0.3, -0.25) is 0 Å². The molecule has 1 fully saturated rings. The van der Waals surface area contributed by atoms with Gasteiger partial charge in [-0.1, -0.05) is 6.42 Å². The average Bonchev–Trinajstić information content (AvgIpc) is 1.77. The molecule has 0 aromatic heterocycles. The van der Waals surface area contributed by atoms with E-state index in [1.54, 1.807) is 0 Å². The van der Waals surface area contributed by atoms with Gasteiger partial charge in [-0.2, -0.15) is 0 Å². The maximum atomic E-state index is 2.45. The van der Waals surface area contributed by atoms with Gasteiger partial charge in [0.25, 0.3) is 0 Å². The summed E-state index contributed by atoms with van der Waals surface area (Å²) in [5, 5.41) is 0. The standard InChI is InChI=1S/C9H19N/c1-8(2)10(3)7-9-5-4-6-9/h8-9H,4-7H2,1-3H3. The van der Waals surface area contributed by atoms with Gasteiger partial charge in [-0.15, -0.1) is 0 Å². The van der Waals surface area contributed by atoms with Gasteiger partial charge in [-0.05, 0) is 39.7 Å². The van der Waals surface area contributed by atoms with E-state index in [1.165, 1.54) is 25.8 Å². The molecule has 0 atom stereocenters. The Morgan fingerprint density at radius 2 is 2.00 bits per heavy atom. The predicted octanol–water partition coefficient (Wildman–Crippen LogP) is 2.13. The lowest BCUT2D eigenvalue weighted by atomic mass is 9.85. The molecule has 0 heterocycles. The van der Waals surface area contributed by atoms with Gasteiger partial charge in [0, 0.05) is 12.6 Å². The van der Waals surface area contributed by atoms with Crippen LogP contribution in [0.25, 0.3) is 0 Å². The summed E-state index contributed by atoms with van der Waals surface area (Å²) in [7, 11) is 2.23. The molecule has 1 saturated carbocycles. The van der Waals surface area contributed by atoms with Gasteiger partial charge in [0.05, 0.1) is 0 Å². The average molecular weight is 141 g/mol. The molecule has 0 unspecified atom stereocenters. The van der Waals surface area contributed by atoms with E-state index >= 15 is 0 Å². The van der Waals surface area contributed by atoms with Gasteiger partial charge < -0.3 is 4.90 Å². The fraction of sp³-hybridized carbons (Fsp3) is 1.00. The Kier molecular flexibility index (Phi) is 2.72. The first-order valence-electron chi connectivity index (χ1n) is 4.40. The summed E-state index contributed by atoms with van der Waals surface area (Å²) in [6, 6.07) is 0.723. The highest BCUT2D eigenvalue weighted by atomic mass is 15.1. The van der Waals surface area contributed by atoms with E-state index in [9.17, 15) is 0 Å². The van der Waals surface area contributed by atoms with Crippen LogP contribution < -0.4 is 0 Å². The van der Waals surface area contributed by atoms with Crippen molar-refractivity contribution in [3.05, 3.63) is 0 Å². The second kappa shape index (κ2) is 3.38. The summed E-state index contributed by atoms with van der Waals surface area (Å²) < 4.78 is 0. The van der Waals surface area contributed by atoms with Crippen molar-refractivity contribution in [1.29, 1.82) is 0 Å². The fourth-order valence-corrected chi connectivity index (χ4v) is 1.29. The Morgan fingerprint density at radius 1 is 1.40 bits per heavy atom. The van der Waals surface area contributed by atoms with Crippen LogP contribution in [0.15, 0.2) is 0 Å². The van der Waals surface area contributed by atoms with Crippen molar-refractivity contribution in [3.63, 3.8) is 0 Å². The van der Waals surface area contributed by atoms with Crippen LogP contribution in [0.3, 0.4) is 0 Å². The highest BCUT2D eigenvalue weighted by molar-refractivity contribution is 4.73. The van der Waals surface area contributed by atoms with Gasteiger partial charge in [0.15, 0.2) is 0 Å². The lowest BCUT2D eigenvalue weighted by Crippen LogP contribution is -2.34. The minimum absolute atomic E-state index is 0.723. The van der Waals surface area contributed by atoms with Crippen molar-refractivity contribution in [2.24, 2.45) is 5.92 Å². The normalized spacial score (nSPS) is 20.1. The second-order valence-electron chi connectivity index (χ2n) is 3.83. The number of hydrogen-bond donors (Lipinski definition) is 0. The number of rotatable bonds is 3. The zero-order valence-electron chi connectivity index (χ0n) is 7.43. The van der Waals surface area contributed by atoms with Crippen LogP contribution in [0.1, 0.15) is 33.1 Å². The monoisotopic (exact) mass is 141 g/mol. The molecule has 10 heavy (non-hydrogen) atoms. The first-order chi connectivity index (χ1) is 4.70. The predicted molar refractivity (Wildman–Crippen MR) is 45.1 cm³/mol. The summed E-state index contributed by atoms with van der Waals surface area (Å²) >= 11 is 0. The highest BCUT2D eigenvalue weighted by Gasteiger charge is 2.19. The third kappa shape index (κ3) is 1.98. The zero-order chi connectivity index (χ0) is 7.56. The molecule has 1 aliphatic carbocycles. The van der Waals surface area contributed by atoms with Crippen molar-refractivity contribution in [1.82, 2.24) is 4.90 Å². The minimum Gasteiger partial charge on any atom is -0.304 e. The van der Waals surface area contributed by atoms with E-state index in [0.717, 1.165) is 12.0 Å². The quantitative estimate of drug-likeness (QED) is 0.582. The molecule has 0 aliphatic heterocycles. The Labute approximate surface area is 64.4 Å². The van der Waals surface area contributed by atoms with Crippen LogP contribution in [-0.4, -0.2) is 24.5 Å². The molecule has 0 aromatic carbocycles. The SMILES string of the molecule is CC(C)N(C)CC1CCC1. The molecule has 1 rings (SSSR count). The Hall–Kier alpha value is -0.0400. The largest absolute Gasteiger partial charge is 0.304 e. The summed E-state index contributed by atoms with van der Waals surface area (Å²) in [4.78, 5) is 2.45. The topological polar surface area (TPSA) is 3.24 Å². The minimum atomic E-state index is 0.723. The molecule has 1 aliphatic rings. The van der Waals surface area contributed by atoms with E-state index in [4.69, 9.17) is 0 Å². The molecular formula is C9H19N. The Morgan fingerprint density at radius 3 is 2.30 bits per heavy atom. The van der Waals surface area contributed by atoms with Crippen LogP contribution in [0.2, 0.25) is 0 Å². The third-order valence-corrected chi connectivity index (χ3v) is 2.65. The van der Waals surface area contributed by atoms with Crippen LogP contribution >= 0.6 is 0 Å². The molecule has 0 bridgehead atoms. The van der Waals surface area contributed by atoms with Gasteiger partial charge in [0.1, 0.15) is 0 Å². The van der Waals surface area contributed by atoms with Crippen molar-refractivity contribution >= 4 is 0 Å². The Bertz CT molecular complexity index is 94.9. The summed E-state index contributed by atoms with van der Waals surface area (Å²) in [5.41, 5.74) is 0. The molecule has 0 amide bonds. The zero-order valence-corrected chi connectivity index (χ0v) is 7.43. The molecule has 0 spiro atoms. The third-order valence-electron chi connectivity index (χ3n) is 2.65. The van der Waals surface area contributed by atoms with Crippen LogP contribution in [0.4, 0.5) is 0 Å². The second-order valence-corrected chi connectivity index (χ2v) is 3.83. The molecule has 0 radical (unpaired) electrons. The van der Waals surface area contributed by atoms with Crippen LogP contribution in [0.5, 0.6) is 0 Å². The van der Waals surface area contributed by atoms with Crippen molar-refractivity contribution < 1.29 is 0 Å². The van der Waals surface area contributed by atoms with Gasteiger partial charge in [-0.25, -0.2) is 0 Å². The van der Waals surface area contributed by atoms with Crippen LogP contribution in [0, 0.1) is 5.92 Å². The van der Waals surface area contributed by atoms with Crippen molar-refractivity contribution in [2.75, 3.05) is 13.6 Å². The van der Waals surface area contributed by atoms with Crippen molar-refractivity contribution in [3.8, 4) is 0 Å². The van der Waals surface area contributed by atoms with E-state index < -0.39 is 0 Å². The van der Waals surface area contributed by atoms with Crippen molar-refractivity contribution in [2.45, 2.75) is 39.2 Å². The summed E-state index contributed by atoms with van der Waals surface area (Å²) in [5.74, 6) is 1.02. The lowest BCUT2D eigenvalue weighted by Gasteiger charge is -2.32. The maximum absolute atomic E-state index is 2.45. The lowest BCUT2D eigenvalue weighted by molar-refractivity contribution is 0.177. The molecule has 1 nitrogen and oxygen atoms in total.